The van der Waals surface area contributed by atoms with Crippen LogP contribution in [-0.4, -0.2) is 37.1 Å². The van der Waals surface area contributed by atoms with Crippen molar-refractivity contribution in [3.05, 3.63) is 102 Å². The molecule has 0 fully saturated rings. The SMILES string of the molecule is CSc1nnc(C)n1/N=C\c1ccc(-n2nc(-c3ccccc3)cc2-c2ccccc2)cc1. The van der Waals surface area contributed by atoms with Crippen LogP contribution < -0.4 is 0 Å². The Labute approximate surface area is 196 Å². The van der Waals surface area contributed by atoms with Gasteiger partial charge >= 0.3 is 0 Å². The summed E-state index contributed by atoms with van der Waals surface area (Å²) < 4.78 is 3.74. The van der Waals surface area contributed by atoms with E-state index in [0.717, 1.165) is 44.7 Å². The minimum absolute atomic E-state index is 0.754. The lowest BCUT2D eigenvalue weighted by Crippen LogP contribution is -2.00. The molecular weight excluding hydrogens is 428 g/mol. The topological polar surface area (TPSA) is 60.9 Å². The first kappa shape index (κ1) is 20.9. The van der Waals surface area contributed by atoms with Crippen molar-refractivity contribution >= 4 is 18.0 Å². The first-order valence-electron chi connectivity index (χ1n) is 10.5. The highest BCUT2D eigenvalue weighted by molar-refractivity contribution is 7.98. The third-order valence-corrected chi connectivity index (χ3v) is 5.88. The van der Waals surface area contributed by atoms with Gasteiger partial charge in [0.05, 0.1) is 23.3 Å². The predicted molar refractivity (Wildman–Crippen MR) is 134 cm³/mol. The molecule has 0 aliphatic rings. The fourth-order valence-electron chi connectivity index (χ4n) is 3.57. The van der Waals surface area contributed by atoms with Crippen LogP contribution in [0.2, 0.25) is 0 Å². The average Bonchev–Trinajstić information content (AvgIpc) is 3.48. The van der Waals surface area contributed by atoms with E-state index in [-0.39, 0.29) is 0 Å². The van der Waals surface area contributed by atoms with E-state index in [4.69, 9.17) is 5.10 Å². The van der Waals surface area contributed by atoms with Crippen LogP contribution in [0, 0.1) is 6.92 Å². The summed E-state index contributed by atoms with van der Waals surface area (Å²) in [5, 5.41) is 18.4. The lowest BCUT2D eigenvalue weighted by atomic mass is 10.1. The highest BCUT2D eigenvalue weighted by atomic mass is 32.2. The quantitative estimate of drug-likeness (QED) is 0.246. The van der Waals surface area contributed by atoms with E-state index in [0.29, 0.717) is 0 Å². The molecule has 33 heavy (non-hydrogen) atoms. The summed E-state index contributed by atoms with van der Waals surface area (Å²) in [5.41, 5.74) is 6.15. The third-order valence-electron chi connectivity index (χ3n) is 5.26. The van der Waals surface area contributed by atoms with Gasteiger partial charge in [0.2, 0.25) is 5.16 Å². The summed E-state index contributed by atoms with van der Waals surface area (Å²) in [4.78, 5) is 0. The summed E-state index contributed by atoms with van der Waals surface area (Å²) in [6.45, 7) is 1.89. The van der Waals surface area contributed by atoms with Crippen molar-refractivity contribution in [1.82, 2.24) is 24.7 Å². The van der Waals surface area contributed by atoms with Crippen molar-refractivity contribution in [3.8, 4) is 28.2 Å². The molecule has 0 aliphatic carbocycles. The van der Waals surface area contributed by atoms with Crippen LogP contribution in [0.4, 0.5) is 0 Å². The van der Waals surface area contributed by atoms with Crippen molar-refractivity contribution in [3.63, 3.8) is 0 Å². The van der Waals surface area contributed by atoms with E-state index in [1.165, 1.54) is 11.8 Å². The second-order valence-electron chi connectivity index (χ2n) is 7.44. The van der Waals surface area contributed by atoms with Crippen molar-refractivity contribution in [2.45, 2.75) is 12.1 Å². The van der Waals surface area contributed by atoms with Crippen LogP contribution in [0.1, 0.15) is 11.4 Å². The van der Waals surface area contributed by atoms with Crippen LogP contribution in [-0.2, 0) is 0 Å². The maximum atomic E-state index is 4.94. The summed E-state index contributed by atoms with van der Waals surface area (Å²) in [5.74, 6) is 0.754. The molecule has 7 heteroatoms. The van der Waals surface area contributed by atoms with Crippen molar-refractivity contribution < 1.29 is 0 Å². The zero-order valence-corrected chi connectivity index (χ0v) is 19.1. The molecule has 5 aromatic rings. The number of nitrogens with zero attached hydrogens (tertiary/aromatic N) is 6. The Balaban J connectivity index is 1.50. The molecule has 3 aromatic carbocycles. The van der Waals surface area contributed by atoms with Gasteiger partial charge in [-0.3, -0.25) is 0 Å². The maximum Gasteiger partial charge on any atom is 0.211 e. The molecule has 0 amide bonds. The summed E-state index contributed by atoms with van der Waals surface area (Å²) in [7, 11) is 0. The van der Waals surface area contributed by atoms with Crippen LogP contribution in [0.25, 0.3) is 28.2 Å². The zero-order valence-electron chi connectivity index (χ0n) is 18.3. The Morgan fingerprint density at radius 1 is 0.818 bits per heavy atom. The van der Waals surface area contributed by atoms with Gasteiger partial charge in [-0.05, 0) is 36.9 Å². The fraction of sp³-hybridized carbons (Fsp3) is 0.0769. The first-order valence-corrected chi connectivity index (χ1v) is 11.8. The number of thioether (sulfide) groups is 1. The van der Waals surface area contributed by atoms with Crippen LogP contribution in [0.5, 0.6) is 0 Å². The molecule has 0 aliphatic heterocycles. The van der Waals surface area contributed by atoms with E-state index < -0.39 is 0 Å². The Kier molecular flexibility index (Phi) is 5.87. The van der Waals surface area contributed by atoms with Crippen molar-refractivity contribution in [2.24, 2.45) is 5.10 Å². The normalized spacial score (nSPS) is 11.3. The van der Waals surface area contributed by atoms with Crippen molar-refractivity contribution in [1.29, 1.82) is 0 Å². The minimum atomic E-state index is 0.754. The first-order chi connectivity index (χ1) is 16.2. The van der Waals surface area contributed by atoms with Gasteiger partial charge in [-0.15, -0.1) is 10.2 Å². The number of rotatable bonds is 6. The van der Waals surface area contributed by atoms with E-state index in [2.05, 4.69) is 57.8 Å². The van der Waals surface area contributed by atoms with Gasteiger partial charge in [0.1, 0.15) is 0 Å². The third kappa shape index (κ3) is 4.36. The second-order valence-corrected chi connectivity index (χ2v) is 8.21. The van der Waals surface area contributed by atoms with E-state index in [1.54, 1.807) is 4.68 Å². The summed E-state index contributed by atoms with van der Waals surface area (Å²) in [6.07, 6.45) is 3.78. The van der Waals surface area contributed by atoms with Gasteiger partial charge < -0.3 is 0 Å². The van der Waals surface area contributed by atoms with Crippen molar-refractivity contribution in [2.75, 3.05) is 6.26 Å². The monoisotopic (exact) mass is 450 g/mol. The number of aromatic nitrogens is 5. The summed E-state index contributed by atoms with van der Waals surface area (Å²) in [6, 6.07) is 30.9. The molecule has 0 spiro atoms. The van der Waals surface area contributed by atoms with E-state index in [1.807, 2.05) is 72.6 Å². The second kappa shape index (κ2) is 9.26. The smallest absolute Gasteiger partial charge is 0.211 e. The lowest BCUT2D eigenvalue weighted by Gasteiger charge is -2.08. The molecular formula is C26H22N6S. The van der Waals surface area contributed by atoms with Gasteiger partial charge in [0.25, 0.3) is 0 Å². The number of hydrogen-bond acceptors (Lipinski definition) is 5. The van der Waals surface area contributed by atoms with Gasteiger partial charge in [0, 0.05) is 11.1 Å². The molecule has 2 aromatic heterocycles. The van der Waals surface area contributed by atoms with Gasteiger partial charge in [-0.1, -0.05) is 84.6 Å². The molecule has 0 saturated carbocycles. The highest BCUT2D eigenvalue weighted by Crippen LogP contribution is 2.28. The molecule has 0 unspecified atom stereocenters. The molecule has 0 atom stereocenters. The molecule has 2 heterocycles. The van der Waals surface area contributed by atoms with Crippen LogP contribution in [0.3, 0.4) is 0 Å². The van der Waals surface area contributed by atoms with Gasteiger partial charge in [0.15, 0.2) is 5.82 Å². The Hall–Kier alpha value is -3.97. The number of benzene rings is 3. The number of aryl methyl sites for hydroxylation is 1. The number of hydrogen-bond donors (Lipinski definition) is 0. The van der Waals surface area contributed by atoms with Gasteiger partial charge in [-0.2, -0.15) is 14.9 Å². The molecule has 5 rings (SSSR count). The minimum Gasteiger partial charge on any atom is -0.232 e. The molecule has 0 saturated heterocycles. The molecule has 0 bridgehead atoms. The summed E-state index contributed by atoms with van der Waals surface area (Å²) >= 11 is 1.52. The Bertz CT molecular complexity index is 1390. The fourth-order valence-corrected chi connectivity index (χ4v) is 4.04. The van der Waals surface area contributed by atoms with E-state index >= 15 is 0 Å². The van der Waals surface area contributed by atoms with Crippen LogP contribution >= 0.6 is 11.8 Å². The van der Waals surface area contributed by atoms with Gasteiger partial charge in [-0.25, -0.2) is 4.68 Å². The highest BCUT2D eigenvalue weighted by Gasteiger charge is 2.13. The molecule has 0 radical (unpaired) electrons. The molecule has 6 nitrogen and oxygen atoms in total. The zero-order chi connectivity index (χ0) is 22.6. The Morgan fingerprint density at radius 3 is 2.15 bits per heavy atom. The molecule has 162 valence electrons. The van der Waals surface area contributed by atoms with Crippen LogP contribution in [0.15, 0.2) is 101 Å². The maximum absolute atomic E-state index is 4.94. The Morgan fingerprint density at radius 2 is 1.48 bits per heavy atom. The average molecular weight is 451 g/mol. The largest absolute Gasteiger partial charge is 0.232 e. The lowest BCUT2D eigenvalue weighted by molar-refractivity contribution is 0.745. The standard InChI is InChI=1S/C26H22N6S/c1-19-28-29-26(33-2)31(19)27-18-20-13-15-23(16-14-20)32-25(22-11-7-4-8-12-22)17-24(30-32)21-9-5-3-6-10-21/h3-18H,1-2H3/b27-18-. The van der Waals surface area contributed by atoms with E-state index in [9.17, 15) is 0 Å². The predicted octanol–water partition coefficient (Wildman–Crippen LogP) is 5.71. The molecule has 0 N–H and O–H groups in total.